The first kappa shape index (κ1) is 14.8. The van der Waals surface area contributed by atoms with Gasteiger partial charge in [-0.3, -0.25) is 10.1 Å². The van der Waals surface area contributed by atoms with Crippen LogP contribution in [0.3, 0.4) is 0 Å². The number of nitrogens with zero attached hydrogens (tertiary/aromatic N) is 2. The third kappa shape index (κ3) is 2.90. The number of halogens is 1. The van der Waals surface area contributed by atoms with Gasteiger partial charge < -0.3 is 4.74 Å². The molecule has 0 saturated heterocycles. The predicted octanol–water partition coefficient (Wildman–Crippen LogP) is 3.59. The van der Waals surface area contributed by atoms with Crippen LogP contribution >= 0.6 is 11.6 Å². The molecule has 0 aliphatic heterocycles. The maximum Gasteiger partial charge on any atom is 0.311 e. The van der Waals surface area contributed by atoms with Crippen molar-refractivity contribution in [3.63, 3.8) is 0 Å². The first-order valence-electron chi connectivity index (χ1n) is 7.06. The lowest BCUT2D eigenvalue weighted by atomic mass is 10.00. The third-order valence-corrected chi connectivity index (χ3v) is 3.96. The van der Waals surface area contributed by atoms with Crippen molar-refractivity contribution in [1.82, 2.24) is 0 Å². The molecule has 2 aromatic rings. The van der Waals surface area contributed by atoms with Crippen molar-refractivity contribution in [2.24, 2.45) is 7.05 Å². The summed E-state index contributed by atoms with van der Waals surface area (Å²) in [5.41, 5.74) is 2.50. The average molecular weight is 320 g/mol. The molecule has 1 saturated carbocycles. The van der Waals surface area contributed by atoms with Crippen LogP contribution in [0.2, 0.25) is 5.02 Å². The highest BCUT2D eigenvalue weighted by Crippen LogP contribution is 2.39. The summed E-state index contributed by atoms with van der Waals surface area (Å²) in [5, 5.41) is 11.8. The fourth-order valence-corrected chi connectivity index (χ4v) is 2.67. The molecule has 0 bridgehead atoms. The normalized spacial score (nSPS) is 14.0. The monoisotopic (exact) mass is 319 g/mol. The van der Waals surface area contributed by atoms with E-state index in [1.165, 1.54) is 0 Å². The third-order valence-electron chi connectivity index (χ3n) is 3.66. The Morgan fingerprint density at radius 3 is 2.68 bits per heavy atom. The van der Waals surface area contributed by atoms with E-state index in [1.807, 2.05) is 30.8 Å². The van der Waals surface area contributed by atoms with Gasteiger partial charge in [-0.15, -0.1) is 0 Å². The molecule has 114 valence electrons. The number of nitro benzene ring substituents is 1. The summed E-state index contributed by atoms with van der Waals surface area (Å²) in [6.45, 7) is 1.84. The predicted molar refractivity (Wildman–Crippen MR) is 83.1 cm³/mol. The molecular weight excluding hydrogens is 304 g/mol. The standard InChI is InChI=1S/C16H16ClN2O3/c1-10-7-15(19(20)21)16(22-11-3-4-11)8-13(10)12-5-6-18(2)9-14(12)17/h5-9,11H,3-4H2,1-2H3/q+1. The van der Waals surface area contributed by atoms with Gasteiger partial charge in [0.05, 0.1) is 11.0 Å². The average Bonchev–Trinajstić information content (AvgIpc) is 3.25. The minimum absolute atomic E-state index is 0.00533. The van der Waals surface area contributed by atoms with Crippen LogP contribution in [0, 0.1) is 17.0 Å². The number of rotatable bonds is 4. The van der Waals surface area contributed by atoms with Crippen molar-refractivity contribution < 1.29 is 14.2 Å². The lowest BCUT2D eigenvalue weighted by molar-refractivity contribution is -0.671. The van der Waals surface area contributed by atoms with Gasteiger partial charge in [0.15, 0.2) is 18.1 Å². The van der Waals surface area contributed by atoms with Crippen LogP contribution in [0.15, 0.2) is 30.6 Å². The summed E-state index contributed by atoms with van der Waals surface area (Å²) in [6, 6.07) is 5.18. The second-order valence-corrected chi connectivity index (χ2v) is 5.99. The number of nitro groups is 1. The second-order valence-electron chi connectivity index (χ2n) is 5.58. The Labute approximate surface area is 133 Å². The Kier molecular flexibility index (Phi) is 3.74. The zero-order valence-electron chi connectivity index (χ0n) is 12.4. The zero-order valence-corrected chi connectivity index (χ0v) is 13.1. The van der Waals surface area contributed by atoms with E-state index in [2.05, 4.69) is 0 Å². The Bertz CT molecular complexity index is 757. The molecule has 1 aliphatic rings. The molecule has 1 heterocycles. The largest absolute Gasteiger partial charge is 0.483 e. The van der Waals surface area contributed by atoms with E-state index >= 15 is 0 Å². The van der Waals surface area contributed by atoms with Crippen LogP contribution < -0.4 is 9.30 Å². The number of hydrogen-bond donors (Lipinski definition) is 0. The molecule has 1 aromatic heterocycles. The molecule has 0 N–H and O–H groups in total. The van der Waals surface area contributed by atoms with Crippen molar-refractivity contribution in [3.8, 4) is 16.9 Å². The Balaban J connectivity index is 2.12. The van der Waals surface area contributed by atoms with Gasteiger partial charge >= 0.3 is 5.69 Å². The summed E-state index contributed by atoms with van der Waals surface area (Å²) in [7, 11) is 1.89. The smallest absolute Gasteiger partial charge is 0.311 e. The van der Waals surface area contributed by atoms with Gasteiger partial charge in [0.25, 0.3) is 0 Å². The Hall–Kier alpha value is -2.14. The minimum atomic E-state index is -0.402. The molecule has 1 aromatic carbocycles. The number of ether oxygens (including phenoxy) is 1. The molecular formula is C16H16ClN2O3+. The van der Waals surface area contributed by atoms with Crippen LogP contribution in [-0.2, 0) is 7.05 Å². The van der Waals surface area contributed by atoms with Gasteiger partial charge in [-0.25, -0.2) is 4.57 Å². The van der Waals surface area contributed by atoms with Crippen molar-refractivity contribution in [2.45, 2.75) is 25.9 Å². The van der Waals surface area contributed by atoms with Gasteiger partial charge in [-0.05, 0) is 37.0 Å². The summed E-state index contributed by atoms with van der Waals surface area (Å²) in [6.07, 6.45) is 5.69. The number of hydrogen-bond acceptors (Lipinski definition) is 3. The summed E-state index contributed by atoms with van der Waals surface area (Å²) in [4.78, 5) is 10.8. The molecule has 3 rings (SSSR count). The minimum Gasteiger partial charge on any atom is -0.483 e. The number of benzene rings is 1. The van der Waals surface area contributed by atoms with Crippen molar-refractivity contribution in [2.75, 3.05) is 0 Å². The van der Waals surface area contributed by atoms with E-state index in [0.717, 1.165) is 29.5 Å². The van der Waals surface area contributed by atoms with E-state index in [4.69, 9.17) is 16.3 Å². The molecule has 1 fully saturated rings. The molecule has 1 aliphatic carbocycles. The van der Waals surface area contributed by atoms with Gasteiger partial charge in [0.1, 0.15) is 12.1 Å². The Morgan fingerprint density at radius 2 is 2.09 bits per heavy atom. The number of pyridine rings is 1. The lowest BCUT2D eigenvalue weighted by Crippen LogP contribution is -2.26. The molecule has 0 unspecified atom stereocenters. The fraction of sp³-hybridized carbons (Fsp3) is 0.312. The molecule has 0 atom stereocenters. The molecule has 0 amide bonds. The van der Waals surface area contributed by atoms with Crippen LogP contribution in [-0.4, -0.2) is 11.0 Å². The zero-order chi connectivity index (χ0) is 15.9. The highest BCUT2D eigenvalue weighted by molar-refractivity contribution is 6.33. The van der Waals surface area contributed by atoms with Crippen molar-refractivity contribution >= 4 is 17.3 Å². The van der Waals surface area contributed by atoms with E-state index in [-0.39, 0.29) is 11.8 Å². The molecule has 0 spiro atoms. The van der Waals surface area contributed by atoms with Gasteiger partial charge in [0, 0.05) is 17.7 Å². The molecule has 5 nitrogen and oxygen atoms in total. The van der Waals surface area contributed by atoms with Gasteiger partial charge in [-0.1, -0.05) is 11.6 Å². The second kappa shape index (κ2) is 5.57. The van der Waals surface area contributed by atoms with E-state index in [1.54, 1.807) is 18.3 Å². The van der Waals surface area contributed by atoms with Crippen LogP contribution in [0.5, 0.6) is 5.75 Å². The van der Waals surface area contributed by atoms with E-state index in [9.17, 15) is 10.1 Å². The van der Waals surface area contributed by atoms with Crippen LogP contribution in [0.1, 0.15) is 18.4 Å². The summed E-state index contributed by atoms with van der Waals surface area (Å²) < 4.78 is 7.56. The van der Waals surface area contributed by atoms with Gasteiger partial charge in [0.2, 0.25) is 0 Å². The highest BCUT2D eigenvalue weighted by Gasteiger charge is 2.28. The van der Waals surface area contributed by atoms with E-state index < -0.39 is 4.92 Å². The molecule has 0 radical (unpaired) electrons. The molecule has 22 heavy (non-hydrogen) atoms. The summed E-state index contributed by atoms with van der Waals surface area (Å²) >= 11 is 6.31. The fourth-order valence-electron chi connectivity index (χ4n) is 2.35. The van der Waals surface area contributed by atoms with Crippen LogP contribution in [0.4, 0.5) is 5.69 Å². The summed E-state index contributed by atoms with van der Waals surface area (Å²) in [5.74, 6) is 0.317. The SMILES string of the molecule is Cc1cc([N+](=O)[O-])c(OC2CC2)cc1-c1cc[n+](C)cc1Cl. The first-order valence-corrected chi connectivity index (χ1v) is 7.44. The maximum atomic E-state index is 11.2. The highest BCUT2D eigenvalue weighted by atomic mass is 35.5. The van der Waals surface area contributed by atoms with Gasteiger partial charge in [-0.2, -0.15) is 0 Å². The van der Waals surface area contributed by atoms with E-state index in [0.29, 0.717) is 10.8 Å². The number of aryl methyl sites for hydroxylation is 2. The molecule has 6 heteroatoms. The van der Waals surface area contributed by atoms with Crippen molar-refractivity contribution in [3.05, 3.63) is 51.3 Å². The lowest BCUT2D eigenvalue weighted by Gasteiger charge is -2.11. The first-order chi connectivity index (χ1) is 10.5. The topological polar surface area (TPSA) is 56.3 Å². The number of aromatic nitrogens is 1. The Morgan fingerprint density at radius 1 is 1.36 bits per heavy atom. The van der Waals surface area contributed by atoms with Crippen molar-refractivity contribution in [1.29, 1.82) is 0 Å². The quantitative estimate of drug-likeness (QED) is 0.491. The van der Waals surface area contributed by atoms with Crippen LogP contribution in [0.25, 0.3) is 11.1 Å². The maximum absolute atomic E-state index is 11.2.